The van der Waals surface area contributed by atoms with Crippen LogP contribution in [0.15, 0.2) is 60.9 Å². The van der Waals surface area contributed by atoms with E-state index < -0.39 is 0 Å². The van der Waals surface area contributed by atoms with Gasteiger partial charge in [-0.05, 0) is 36.9 Å². The molecule has 3 aromatic heterocycles. The van der Waals surface area contributed by atoms with Crippen molar-refractivity contribution in [2.45, 2.75) is 6.54 Å². The number of phenolic OH excluding ortho intramolecular Hbond substituents is 1. The second-order valence-electron chi connectivity index (χ2n) is 8.96. The van der Waals surface area contributed by atoms with Crippen molar-refractivity contribution in [3.63, 3.8) is 0 Å². The SMILES string of the molecule is CN1CCN(c2cc(Cn3nc(-c4cccc(O)c4)c4c(N)ncnc43)c3ccccc3n2)CC1. The Kier molecular flexibility index (Phi) is 5.18. The molecule has 2 aromatic carbocycles. The highest BCUT2D eigenvalue weighted by molar-refractivity contribution is 5.98. The molecule has 0 saturated carbocycles. The van der Waals surface area contributed by atoms with Crippen LogP contribution in [0.3, 0.4) is 0 Å². The van der Waals surface area contributed by atoms with Crippen LogP contribution in [0.1, 0.15) is 5.56 Å². The standard InChI is InChI=1S/C26H26N8O/c1-32-9-11-33(12-10-32)22-14-18(20-7-2-3-8-21(20)30-22)15-34-26-23(25(27)28-16-29-26)24(31-34)17-5-4-6-19(35)13-17/h2-8,13-14,16,35H,9-12,15H2,1H3,(H2,27,28,29). The summed E-state index contributed by atoms with van der Waals surface area (Å²) < 4.78 is 1.86. The van der Waals surface area contributed by atoms with E-state index in [1.54, 1.807) is 18.2 Å². The van der Waals surface area contributed by atoms with E-state index in [4.69, 9.17) is 15.8 Å². The molecule has 1 aliphatic heterocycles. The van der Waals surface area contributed by atoms with E-state index in [2.05, 4.69) is 45.0 Å². The van der Waals surface area contributed by atoms with Gasteiger partial charge < -0.3 is 20.6 Å². The number of fused-ring (bicyclic) bond motifs is 2. The van der Waals surface area contributed by atoms with E-state index >= 15 is 0 Å². The number of benzene rings is 2. The fraction of sp³-hybridized carbons (Fsp3) is 0.231. The van der Waals surface area contributed by atoms with Gasteiger partial charge in [0.05, 0.1) is 17.4 Å². The zero-order chi connectivity index (χ0) is 23.9. The molecule has 35 heavy (non-hydrogen) atoms. The van der Waals surface area contributed by atoms with Gasteiger partial charge in [-0.2, -0.15) is 5.10 Å². The number of pyridine rings is 1. The van der Waals surface area contributed by atoms with E-state index in [1.165, 1.54) is 6.33 Å². The van der Waals surface area contributed by atoms with Crippen molar-refractivity contribution in [2.24, 2.45) is 0 Å². The van der Waals surface area contributed by atoms with E-state index in [-0.39, 0.29) is 5.75 Å². The third-order valence-corrected chi connectivity index (χ3v) is 6.61. The molecule has 3 N–H and O–H groups in total. The van der Waals surface area contributed by atoms with Crippen LogP contribution in [-0.2, 0) is 6.54 Å². The Balaban J connectivity index is 1.48. The van der Waals surface area contributed by atoms with Crippen molar-refractivity contribution in [2.75, 3.05) is 43.9 Å². The van der Waals surface area contributed by atoms with Gasteiger partial charge >= 0.3 is 0 Å². The average Bonchev–Trinajstić information content (AvgIpc) is 3.24. The number of hydrogen-bond acceptors (Lipinski definition) is 8. The first kappa shape index (κ1) is 21.3. The predicted octanol–water partition coefficient (Wildman–Crippen LogP) is 3.13. The van der Waals surface area contributed by atoms with Crippen molar-refractivity contribution < 1.29 is 5.11 Å². The number of aromatic nitrogens is 5. The van der Waals surface area contributed by atoms with Gasteiger partial charge in [0, 0.05) is 37.1 Å². The maximum atomic E-state index is 10.0. The number of para-hydroxylation sites is 1. The largest absolute Gasteiger partial charge is 0.508 e. The van der Waals surface area contributed by atoms with Gasteiger partial charge in [0.25, 0.3) is 0 Å². The zero-order valence-electron chi connectivity index (χ0n) is 19.5. The summed E-state index contributed by atoms with van der Waals surface area (Å²) in [6, 6.07) is 17.3. The average molecular weight is 467 g/mol. The molecule has 0 unspecified atom stereocenters. The van der Waals surface area contributed by atoms with E-state index in [0.29, 0.717) is 29.1 Å². The number of phenols is 1. The normalized spacial score (nSPS) is 14.7. The minimum absolute atomic E-state index is 0.164. The lowest BCUT2D eigenvalue weighted by Crippen LogP contribution is -2.44. The number of piperazine rings is 1. The van der Waals surface area contributed by atoms with Gasteiger partial charge in [-0.3, -0.25) is 0 Å². The Labute approximate surface area is 202 Å². The van der Waals surface area contributed by atoms with Crippen LogP contribution in [0.25, 0.3) is 33.2 Å². The summed E-state index contributed by atoms with van der Waals surface area (Å²) in [5.41, 5.74) is 10.4. The number of likely N-dealkylation sites (N-methyl/N-ethyl adjacent to an activating group) is 1. The van der Waals surface area contributed by atoms with E-state index in [9.17, 15) is 5.11 Å². The second kappa shape index (κ2) is 8.52. The molecular weight excluding hydrogens is 440 g/mol. The summed E-state index contributed by atoms with van der Waals surface area (Å²) in [6.07, 6.45) is 1.46. The minimum Gasteiger partial charge on any atom is -0.508 e. The molecule has 0 bridgehead atoms. The first-order valence-electron chi connectivity index (χ1n) is 11.7. The Morgan fingerprint density at radius 3 is 2.63 bits per heavy atom. The molecular formula is C26H26N8O. The molecule has 0 aliphatic carbocycles. The van der Waals surface area contributed by atoms with Gasteiger partial charge in [0.15, 0.2) is 5.65 Å². The maximum Gasteiger partial charge on any atom is 0.164 e. The first-order valence-corrected chi connectivity index (χ1v) is 11.7. The smallest absolute Gasteiger partial charge is 0.164 e. The summed E-state index contributed by atoms with van der Waals surface area (Å²) >= 11 is 0. The molecule has 6 rings (SSSR count). The topological polar surface area (TPSA) is 109 Å². The monoisotopic (exact) mass is 466 g/mol. The van der Waals surface area contributed by atoms with Crippen molar-refractivity contribution >= 4 is 33.6 Å². The number of hydrogen-bond donors (Lipinski definition) is 2. The molecule has 1 saturated heterocycles. The summed E-state index contributed by atoms with van der Waals surface area (Å²) in [5.74, 6) is 1.50. The molecule has 9 nitrogen and oxygen atoms in total. The molecule has 0 atom stereocenters. The summed E-state index contributed by atoms with van der Waals surface area (Å²) in [7, 11) is 2.15. The highest BCUT2D eigenvalue weighted by Crippen LogP contribution is 2.33. The van der Waals surface area contributed by atoms with Crippen molar-refractivity contribution in [1.82, 2.24) is 29.6 Å². The molecule has 0 spiro atoms. The molecule has 9 heteroatoms. The van der Waals surface area contributed by atoms with Gasteiger partial charge in [-0.1, -0.05) is 30.3 Å². The quantitative estimate of drug-likeness (QED) is 0.416. The molecule has 1 aliphatic rings. The van der Waals surface area contributed by atoms with E-state index in [1.807, 2.05) is 22.9 Å². The Morgan fingerprint density at radius 2 is 1.80 bits per heavy atom. The highest BCUT2D eigenvalue weighted by atomic mass is 16.3. The van der Waals surface area contributed by atoms with Crippen LogP contribution in [0.2, 0.25) is 0 Å². The Bertz CT molecular complexity index is 1540. The number of nitrogens with zero attached hydrogens (tertiary/aromatic N) is 7. The third kappa shape index (κ3) is 3.89. The number of nitrogens with two attached hydrogens (primary N) is 1. The minimum atomic E-state index is 0.164. The third-order valence-electron chi connectivity index (χ3n) is 6.61. The molecule has 1 fully saturated rings. The Hall–Kier alpha value is -4.24. The lowest BCUT2D eigenvalue weighted by molar-refractivity contribution is 0.312. The van der Waals surface area contributed by atoms with Crippen LogP contribution in [0.5, 0.6) is 5.75 Å². The highest BCUT2D eigenvalue weighted by Gasteiger charge is 2.20. The fourth-order valence-corrected chi connectivity index (χ4v) is 4.72. The second-order valence-corrected chi connectivity index (χ2v) is 8.96. The van der Waals surface area contributed by atoms with Crippen molar-refractivity contribution in [1.29, 1.82) is 0 Å². The van der Waals surface area contributed by atoms with Crippen LogP contribution in [0, 0.1) is 0 Å². The summed E-state index contributed by atoms with van der Waals surface area (Å²) in [5, 5.41) is 16.7. The molecule has 4 heterocycles. The number of aromatic hydroxyl groups is 1. The van der Waals surface area contributed by atoms with Crippen LogP contribution in [0.4, 0.5) is 11.6 Å². The van der Waals surface area contributed by atoms with E-state index in [0.717, 1.165) is 54.0 Å². The van der Waals surface area contributed by atoms with Gasteiger partial charge in [-0.25, -0.2) is 19.6 Å². The number of anilines is 2. The zero-order valence-corrected chi connectivity index (χ0v) is 19.5. The fourth-order valence-electron chi connectivity index (χ4n) is 4.72. The number of rotatable bonds is 4. The number of nitrogen functional groups attached to an aromatic ring is 1. The molecule has 176 valence electrons. The summed E-state index contributed by atoms with van der Waals surface area (Å²) in [4.78, 5) is 18.4. The maximum absolute atomic E-state index is 10.0. The van der Waals surface area contributed by atoms with Gasteiger partial charge in [-0.15, -0.1) is 0 Å². The van der Waals surface area contributed by atoms with Gasteiger partial charge in [0.1, 0.15) is 29.4 Å². The van der Waals surface area contributed by atoms with Crippen molar-refractivity contribution in [3.8, 4) is 17.0 Å². The predicted molar refractivity (Wildman–Crippen MR) is 137 cm³/mol. The molecule has 5 aromatic rings. The molecule has 0 radical (unpaired) electrons. The van der Waals surface area contributed by atoms with Crippen molar-refractivity contribution in [3.05, 3.63) is 66.5 Å². The lowest BCUT2D eigenvalue weighted by atomic mass is 10.1. The Morgan fingerprint density at radius 1 is 0.971 bits per heavy atom. The summed E-state index contributed by atoms with van der Waals surface area (Å²) in [6.45, 7) is 4.40. The lowest BCUT2D eigenvalue weighted by Gasteiger charge is -2.33. The van der Waals surface area contributed by atoms with Crippen LogP contribution >= 0.6 is 0 Å². The van der Waals surface area contributed by atoms with Crippen LogP contribution < -0.4 is 10.6 Å². The molecule has 0 amide bonds. The first-order chi connectivity index (χ1) is 17.1. The van der Waals surface area contributed by atoms with Gasteiger partial charge in [0.2, 0.25) is 0 Å². The van der Waals surface area contributed by atoms with Crippen LogP contribution in [-0.4, -0.2) is 68.0 Å².